The molecule has 0 radical (unpaired) electrons. The smallest absolute Gasteiger partial charge is 0.322 e. The molecule has 176 valence electrons. The summed E-state index contributed by atoms with van der Waals surface area (Å²) in [6.45, 7) is 2.14. The highest BCUT2D eigenvalue weighted by molar-refractivity contribution is 6.35. The van der Waals surface area contributed by atoms with Crippen molar-refractivity contribution in [3.05, 3.63) is 77.4 Å². The van der Waals surface area contributed by atoms with Gasteiger partial charge in [-0.25, -0.2) is 9.97 Å². The highest BCUT2D eigenvalue weighted by Gasteiger charge is 2.18. The monoisotopic (exact) mass is 486 g/mol. The van der Waals surface area contributed by atoms with Gasteiger partial charge in [0.15, 0.2) is 0 Å². The van der Waals surface area contributed by atoms with Crippen LogP contribution in [0.5, 0.6) is 11.8 Å². The number of aryl methyl sites for hydroxylation is 1. The summed E-state index contributed by atoms with van der Waals surface area (Å²) in [4.78, 5) is 13.4. The second-order valence-electron chi connectivity index (χ2n) is 8.50. The zero-order valence-electron chi connectivity index (χ0n) is 19.0. The van der Waals surface area contributed by atoms with Crippen LogP contribution in [-0.4, -0.2) is 38.8 Å². The van der Waals surface area contributed by atoms with E-state index in [9.17, 15) is 0 Å². The maximum absolute atomic E-state index is 6.19. The minimum absolute atomic E-state index is 0.282. The van der Waals surface area contributed by atoms with Gasteiger partial charge in [-0.2, -0.15) is 4.98 Å². The van der Waals surface area contributed by atoms with Crippen molar-refractivity contribution < 1.29 is 9.47 Å². The summed E-state index contributed by atoms with van der Waals surface area (Å²) < 4.78 is 13.2. The van der Waals surface area contributed by atoms with Gasteiger partial charge in [0.05, 0.1) is 40.8 Å². The van der Waals surface area contributed by atoms with Gasteiger partial charge in [-0.05, 0) is 48.0 Å². The quantitative estimate of drug-likeness (QED) is 0.319. The topological polar surface area (TPSA) is 86.1 Å². The number of ether oxygens (including phenoxy) is 2. The highest BCUT2D eigenvalue weighted by atomic mass is 35.5. The molecule has 0 amide bonds. The lowest BCUT2D eigenvalue weighted by molar-refractivity contribution is 0.0211. The summed E-state index contributed by atoms with van der Waals surface area (Å²) in [5.74, 6) is 1.47. The number of aromatic nitrogens is 4. The number of anilines is 2. The molecule has 1 aliphatic heterocycles. The lowest BCUT2D eigenvalue weighted by Gasteiger charge is -2.27. The maximum atomic E-state index is 6.19. The Morgan fingerprint density at radius 2 is 1.91 bits per heavy atom. The molecular weight excluding hydrogens is 464 g/mol. The Morgan fingerprint density at radius 1 is 1.06 bits per heavy atom. The first kappa shape index (κ1) is 21.6. The van der Waals surface area contributed by atoms with Crippen LogP contribution in [0.15, 0.2) is 66.9 Å². The SMILES string of the molecule is Cn1c(NCc2ccc(Oc3ncc4c(Cl)cccc4n3)cc2)nc2ccc(NC3COC3)cc21. The number of hydrogen-bond acceptors (Lipinski definition) is 7. The van der Waals surface area contributed by atoms with Crippen molar-refractivity contribution in [2.75, 3.05) is 23.8 Å². The number of halogens is 1. The summed E-state index contributed by atoms with van der Waals surface area (Å²) in [6, 6.07) is 20.3. The lowest BCUT2D eigenvalue weighted by atomic mass is 10.2. The molecule has 0 aliphatic carbocycles. The Kier molecular flexibility index (Phi) is 5.60. The van der Waals surface area contributed by atoms with E-state index in [4.69, 9.17) is 26.1 Å². The van der Waals surface area contributed by atoms with E-state index in [1.54, 1.807) is 6.20 Å². The summed E-state index contributed by atoms with van der Waals surface area (Å²) in [6.07, 6.45) is 1.68. The fourth-order valence-corrected chi connectivity index (χ4v) is 4.22. The Morgan fingerprint density at radius 3 is 2.71 bits per heavy atom. The van der Waals surface area contributed by atoms with Crippen molar-refractivity contribution >= 4 is 45.2 Å². The van der Waals surface area contributed by atoms with Crippen LogP contribution < -0.4 is 15.4 Å². The third-order valence-electron chi connectivity index (χ3n) is 6.02. The van der Waals surface area contributed by atoms with E-state index in [0.29, 0.717) is 23.4 Å². The van der Waals surface area contributed by atoms with E-state index in [0.717, 1.165) is 52.3 Å². The number of rotatable bonds is 7. The van der Waals surface area contributed by atoms with Gasteiger partial charge in [0.25, 0.3) is 0 Å². The number of fused-ring (bicyclic) bond motifs is 2. The van der Waals surface area contributed by atoms with E-state index >= 15 is 0 Å². The van der Waals surface area contributed by atoms with Crippen LogP contribution in [0.4, 0.5) is 11.6 Å². The Balaban J connectivity index is 1.11. The van der Waals surface area contributed by atoms with Gasteiger partial charge >= 0.3 is 6.01 Å². The van der Waals surface area contributed by atoms with Crippen LogP contribution >= 0.6 is 11.6 Å². The molecule has 0 atom stereocenters. The molecule has 2 N–H and O–H groups in total. The largest absolute Gasteiger partial charge is 0.424 e. The summed E-state index contributed by atoms with van der Waals surface area (Å²) in [5, 5.41) is 8.33. The van der Waals surface area contributed by atoms with Crippen LogP contribution in [0, 0.1) is 0 Å². The third-order valence-corrected chi connectivity index (χ3v) is 6.35. The summed E-state index contributed by atoms with van der Waals surface area (Å²) >= 11 is 6.19. The predicted octanol–water partition coefficient (Wildman–Crippen LogP) is 5.39. The maximum Gasteiger partial charge on any atom is 0.322 e. The fourth-order valence-electron chi connectivity index (χ4n) is 4.01. The minimum atomic E-state index is 0.282. The standard InChI is InChI=1S/C26H23ClN6O2/c1-33-24-11-17(30-18-14-34-15-18)7-10-23(24)31-25(33)28-12-16-5-8-19(9-6-16)35-26-29-13-20-21(27)3-2-4-22(20)32-26/h2-11,13,18,30H,12,14-15H2,1H3,(H,28,31). The van der Waals surface area contributed by atoms with Gasteiger partial charge in [0.2, 0.25) is 5.95 Å². The van der Waals surface area contributed by atoms with E-state index < -0.39 is 0 Å². The molecule has 3 heterocycles. The molecule has 35 heavy (non-hydrogen) atoms. The first-order valence-corrected chi connectivity index (χ1v) is 11.7. The molecule has 0 spiro atoms. The van der Waals surface area contributed by atoms with Gasteiger partial charge in [-0.1, -0.05) is 29.8 Å². The van der Waals surface area contributed by atoms with Crippen molar-refractivity contribution in [2.45, 2.75) is 12.6 Å². The molecule has 1 aliphatic rings. The molecule has 6 rings (SSSR count). The Labute approximate surface area is 206 Å². The Bertz CT molecular complexity index is 1510. The van der Waals surface area contributed by atoms with E-state index in [-0.39, 0.29) is 6.01 Å². The third kappa shape index (κ3) is 4.45. The molecule has 3 aromatic carbocycles. The van der Waals surface area contributed by atoms with E-state index in [1.807, 2.05) is 55.6 Å². The van der Waals surface area contributed by atoms with Gasteiger partial charge in [0, 0.05) is 30.9 Å². The average Bonchev–Trinajstić information content (AvgIpc) is 3.16. The molecule has 1 fully saturated rings. The number of nitrogens with zero attached hydrogens (tertiary/aromatic N) is 4. The number of nitrogens with one attached hydrogen (secondary N) is 2. The first-order valence-electron chi connectivity index (χ1n) is 11.3. The van der Waals surface area contributed by atoms with Crippen molar-refractivity contribution in [3.8, 4) is 11.8 Å². The highest BCUT2D eigenvalue weighted by Crippen LogP contribution is 2.26. The van der Waals surface area contributed by atoms with Crippen molar-refractivity contribution in [1.82, 2.24) is 19.5 Å². The zero-order chi connectivity index (χ0) is 23.8. The molecular formula is C26H23ClN6O2. The summed E-state index contributed by atoms with van der Waals surface area (Å²) in [5.41, 5.74) is 4.94. The first-order chi connectivity index (χ1) is 17.1. The van der Waals surface area contributed by atoms with Crippen molar-refractivity contribution in [1.29, 1.82) is 0 Å². The molecule has 5 aromatic rings. The molecule has 0 saturated carbocycles. The van der Waals surface area contributed by atoms with Crippen LogP contribution in [0.1, 0.15) is 5.56 Å². The van der Waals surface area contributed by atoms with Crippen LogP contribution in [0.25, 0.3) is 21.9 Å². The predicted molar refractivity (Wildman–Crippen MR) is 137 cm³/mol. The molecule has 8 nitrogen and oxygen atoms in total. The van der Waals surface area contributed by atoms with Gasteiger partial charge < -0.3 is 24.7 Å². The molecule has 0 unspecified atom stereocenters. The molecule has 1 saturated heterocycles. The van der Waals surface area contributed by atoms with Gasteiger partial charge in [0.1, 0.15) is 5.75 Å². The van der Waals surface area contributed by atoms with E-state index in [1.165, 1.54) is 0 Å². The van der Waals surface area contributed by atoms with E-state index in [2.05, 4.69) is 37.3 Å². The summed E-state index contributed by atoms with van der Waals surface area (Å²) in [7, 11) is 2.02. The molecule has 2 aromatic heterocycles. The minimum Gasteiger partial charge on any atom is -0.424 e. The van der Waals surface area contributed by atoms with Crippen LogP contribution in [0.3, 0.4) is 0 Å². The zero-order valence-corrected chi connectivity index (χ0v) is 19.8. The van der Waals surface area contributed by atoms with Crippen LogP contribution in [0.2, 0.25) is 5.02 Å². The number of imidazole rings is 1. The number of benzene rings is 3. The van der Waals surface area contributed by atoms with Gasteiger partial charge in [-0.15, -0.1) is 0 Å². The Hall–Kier alpha value is -3.88. The fraction of sp³-hybridized carbons (Fsp3) is 0.192. The van der Waals surface area contributed by atoms with Crippen molar-refractivity contribution in [3.63, 3.8) is 0 Å². The number of hydrogen-bond donors (Lipinski definition) is 2. The second kappa shape index (κ2) is 9.05. The van der Waals surface area contributed by atoms with Crippen molar-refractivity contribution in [2.24, 2.45) is 7.05 Å². The molecule has 0 bridgehead atoms. The van der Waals surface area contributed by atoms with Crippen LogP contribution in [-0.2, 0) is 18.3 Å². The normalized spacial score (nSPS) is 13.7. The molecule has 9 heteroatoms. The second-order valence-corrected chi connectivity index (χ2v) is 8.91. The average molecular weight is 487 g/mol. The lowest BCUT2D eigenvalue weighted by Crippen LogP contribution is -2.40. The van der Waals surface area contributed by atoms with Gasteiger partial charge in [-0.3, -0.25) is 0 Å².